The Balaban J connectivity index is 1.57. The van der Waals surface area contributed by atoms with Crippen LogP contribution in [0.1, 0.15) is 47.6 Å². The number of aromatic nitrogens is 2. The lowest BCUT2D eigenvalue weighted by Gasteiger charge is -2.36. The number of pyridine rings is 2. The molecule has 0 aliphatic carbocycles. The highest BCUT2D eigenvalue weighted by Crippen LogP contribution is 2.42. The molecule has 4 heterocycles. The van der Waals surface area contributed by atoms with E-state index in [1.54, 1.807) is 54.0 Å². The van der Waals surface area contributed by atoms with Crippen LogP contribution < -0.4 is 20.9 Å². The number of nitrogens with zero attached hydrogens (tertiary/aromatic N) is 6. The number of nitrogens with one attached hydrogen (secondary N) is 2. The highest BCUT2D eigenvalue weighted by Gasteiger charge is 2.35. The smallest absolute Gasteiger partial charge is 0.409 e. The molecule has 2 saturated heterocycles. The number of aromatic hydroxyl groups is 2. The highest BCUT2D eigenvalue weighted by molar-refractivity contribution is 5.71. The standard InChI is InChI=1S/C33H36N8O8/c1-3-48-32(46)40-14-10-38(11-15-40)28-21(18-34)26(42)24(30(44)36-28)23(20-8-6-5-7-9-20)25-27(43)22(19-35)29(37-31(25)45)39-12-16-41(17-13-39)33(47)49-4-2/h5-9,23H,3-4,10-17H2,1-2H3,(H2,36,42,44)(H2,37,43,45). The minimum Gasteiger partial charge on any atom is -0.506 e. The van der Waals surface area contributed by atoms with E-state index in [1.165, 1.54) is 9.80 Å². The van der Waals surface area contributed by atoms with Gasteiger partial charge in [-0.1, -0.05) is 30.3 Å². The summed E-state index contributed by atoms with van der Waals surface area (Å²) in [5, 5.41) is 43.6. The largest absolute Gasteiger partial charge is 0.506 e. The fourth-order valence-corrected chi connectivity index (χ4v) is 6.18. The van der Waals surface area contributed by atoms with E-state index in [9.17, 15) is 39.9 Å². The normalized spacial score (nSPS) is 14.7. The second-order valence-electron chi connectivity index (χ2n) is 11.3. The number of rotatable bonds is 7. The molecule has 0 unspecified atom stereocenters. The number of H-pyrrole nitrogens is 2. The number of hydrogen-bond donors (Lipinski definition) is 4. The Labute approximate surface area is 280 Å². The molecule has 3 aromatic rings. The van der Waals surface area contributed by atoms with Crippen LogP contribution in [0, 0.1) is 22.7 Å². The van der Waals surface area contributed by atoms with Crippen molar-refractivity contribution in [3.8, 4) is 23.6 Å². The summed E-state index contributed by atoms with van der Waals surface area (Å²) in [6.45, 7) is 5.71. The molecule has 4 N–H and O–H groups in total. The fourth-order valence-electron chi connectivity index (χ4n) is 6.18. The van der Waals surface area contributed by atoms with E-state index in [4.69, 9.17) is 9.47 Å². The molecule has 2 amide bonds. The van der Waals surface area contributed by atoms with Gasteiger partial charge in [-0.15, -0.1) is 0 Å². The average Bonchev–Trinajstić information content (AvgIpc) is 3.11. The van der Waals surface area contributed by atoms with Gasteiger partial charge in [0.15, 0.2) is 0 Å². The number of carbonyl (C=O) groups excluding carboxylic acids is 2. The molecule has 0 spiro atoms. The third kappa shape index (κ3) is 6.66. The van der Waals surface area contributed by atoms with Crippen LogP contribution in [0.25, 0.3) is 0 Å². The van der Waals surface area contributed by atoms with Gasteiger partial charge >= 0.3 is 12.2 Å². The molecule has 16 heteroatoms. The predicted octanol–water partition coefficient (Wildman–Crippen LogP) is 1.95. The van der Waals surface area contributed by atoms with Gasteiger partial charge < -0.3 is 49.3 Å². The number of aromatic amines is 2. The van der Waals surface area contributed by atoms with E-state index in [1.807, 2.05) is 12.1 Å². The number of benzene rings is 1. The Morgan fingerprint density at radius 1 is 0.735 bits per heavy atom. The Morgan fingerprint density at radius 2 is 1.12 bits per heavy atom. The summed E-state index contributed by atoms with van der Waals surface area (Å²) in [6, 6.07) is 12.1. The van der Waals surface area contributed by atoms with Crippen LogP contribution >= 0.6 is 0 Å². The first-order chi connectivity index (χ1) is 23.6. The van der Waals surface area contributed by atoms with Crippen molar-refractivity contribution in [1.82, 2.24) is 19.8 Å². The van der Waals surface area contributed by atoms with Crippen LogP contribution in [-0.2, 0) is 9.47 Å². The summed E-state index contributed by atoms with van der Waals surface area (Å²) >= 11 is 0. The third-order valence-electron chi connectivity index (χ3n) is 8.59. The molecular weight excluding hydrogens is 636 g/mol. The quantitative estimate of drug-likeness (QED) is 0.283. The summed E-state index contributed by atoms with van der Waals surface area (Å²) in [4.78, 5) is 63.8. The maximum absolute atomic E-state index is 13.9. The maximum atomic E-state index is 13.9. The van der Waals surface area contributed by atoms with Gasteiger partial charge in [0.1, 0.15) is 46.4 Å². The molecule has 2 aliphatic rings. The molecule has 2 aromatic heterocycles. The molecule has 0 atom stereocenters. The van der Waals surface area contributed by atoms with Crippen LogP contribution in [0.4, 0.5) is 21.2 Å². The van der Waals surface area contributed by atoms with Crippen molar-refractivity contribution in [1.29, 1.82) is 10.5 Å². The second-order valence-corrected chi connectivity index (χ2v) is 11.3. The number of anilines is 2. The van der Waals surface area contributed by atoms with Crippen LogP contribution in [-0.4, -0.2) is 108 Å². The number of amides is 2. The monoisotopic (exact) mass is 672 g/mol. The average molecular weight is 673 g/mol. The van der Waals surface area contributed by atoms with Gasteiger partial charge in [-0.05, 0) is 19.4 Å². The lowest BCUT2D eigenvalue weighted by atomic mass is 9.84. The van der Waals surface area contributed by atoms with Crippen molar-refractivity contribution in [3.63, 3.8) is 0 Å². The van der Waals surface area contributed by atoms with E-state index >= 15 is 0 Å². The SMILES string of the molecule is CCOC(=O)N1CCN(c2[nH]c(=O)c(C(c3ccccc3)c3c(O)c(C#N)c(N4CCN(C(=O)OCC)CC4)[nH]c3=O)c(O)c2C#N)CC1. The van der Waals surface area contributed by atoms with Gasteiger partial charge in [0.2, 0.25) is 0 Å². The van der Waals surface area contributed by atoms with Gasteiger partial charge in [-0.2, -0.15) is 10.5 Å². The van der Waals surface area contributed by atoms with Gasteiger partial charge in [0.05, 0.1) is 30.3 Å². The van der Waals surface area contributed by atoms with Crippen molar-refractivity contribution >= 4 is 23.8 Å². The summed E-state index contributed by atoms with van der Waals surface area (Å²) < 4.78 is 10.1. The zero-order valence-electron chi connectivity index (χ0n) is 27.1. The Hall–Kier alpha value is -6.16. The van der Waals surface area contributed by atoms with Crippen LogP contribution in [0.15, 0.2) is 39.9 Å². The fraction of sp³-hybridized carbons (Fsp3) is 0.394. The molecule has 1 aromatic carbocycles. The van der Waals surface area contributed by atoms with Crippen molar-refractivity contribution < 1.29 is 29.3 Å². The van der Waals surface area contributed by atoms with E-state index in [0.717, 1.165) is 0 Å². The maximum Gasteiger partial charge on any atom is 0.409 e. The van der Waals surface area contributed by atoms with Crippen LogP contribution in [0.2, 0.25) is 0 Å². The number of hydrogen-bond acceptors (Lipinski definition) is 12. The van der Waals surface area contributed by atoms with E-state index < -0.39 is 40.7 Å². The molecular formula is C33H36N8O8. The summed E-state index contributed by atoms with van der Waals surface area (Å²) in [5.41, 5.74) is -2.63. The van der Waals surface area contributed by atoms with E-state index in [-0.39, 0.29) is 99.5 Å². The van der Waals surface area contributed by atoms with Gasteiger partial charge in [-0.3, -0.25) is 9.59 Å². The first-order valence-corrected chi connectivity index (χ1v) is 15.8. The van der Waals surface area contributed by atoms with Crippen molar-refractivity contribution in [2.24, 2.45) is 0 Å². The zero-order valence-corrected chi connectivity index (χ0v) is 27.1. The molecule has 2 fully saturated rings. The predicted molar refractivity (Wildman–Crippen MR) is 176 cm³/mol. The highest BCUT2D eigenvalue weighted by atomic mass is 16.6. The number of piperazine rings is 2. The summed E-state index contributed by atoms with van der Waals surface area (Å²) in [5.74, 6) is -2.72. The molecule has 16 nitrogen and oxygen atoms in total. The molecule has 256 valence electrons. The molecule has 5 rings (SSSR count). The molecule has 0 bridgehead atoms. The molecule has 0 radical (unpaired) electrons. The summed E-state index contributed by atoms with van der Waals surface area (Å²) in [7, 11) is 0. The topological polar surface area (TPSA) is 219 Å². The first kappa shape index (κ1) is 34.2. The number of carbonyl (C=O) groups is 2. The zero-order chi connectivity index (χ0) is 35.2. The third-order valence-corrected chi connectivity index (χ3v) is 8.59. The Morgan fingerprint density at radius 3 is 1.47 bits per heavy atom. The van der Waals surface area contributed by atoms with E-state index in [2.05, 4.69) is 9.97 Å². The van der Waals surface area contributed by atoms with Crippen molar-refractivity contribution in [2.45, 2.75) is 19.8 Å². The molecule has 0 saturated carbocycles. The minimum atomic E-state index is -1.41. The molecule has 2 aliphatic heterocycles. The lowest BCUT2D eigenvalue weighted by molar-refractivity contribution is 0.104. The number of ether oxygens (including phenoxy) is 2. The Kier molecular flexibility index (Phi) is 10.3. The van der Waals surface area contributed by atoms with Gasteiger partial charge in [0, 0.05) is 52.4 Å². The second kappa shape index (κ2) is 14.7. The lowest BCUT2D eigenvalue weighted by Crippen LogP contribution is -2.49. The molecule has 49 heavy (non-hydrogen) atoms. The summed E-state index contributed by atoms with van der Waals surface area (Å²) in [6.07, 6.45) is -0.960. The van der Waals surface area contributed by atoms with Gasteiger partial charge in [0.25, 0.3) is 11.1 Å². The van der Waals surface area contributed by atoms with Crippen molar-refractivity contribution in [3.05, 3.63) is 78.9 Å². The van der Waals surface area contributed by atoms with E-state index in [0.29, 0.717) is 5.56 Å². The van der Waals surface area contributed by atoms with Crippen LogP contribution in [0.3, 0.4) is 0 Å². The minimum absolute atomic E-state index is 0.0391. The Bertz CT molecular complexity index is 1790. The van der Waals surface area contributed by atoms with Crippen LogP contribution in [0.5, 0.6) is 11.5 Å². The van der Waals surface area contributed by atoms with Crippen molar-refractivity contribution in [2.75, 3.05) is 75.4 Å². The first-order valence-electron chi connectivity index (χ1n) is 15.8. The van der Waals surface area contributed by atoms with Gasteiger partial charge in [-0.25, -0.2) is 9.59 Å². The number of nitriles is 2.